The Bertz CT molecular complexity index is 1040. The number of nitrogens with zero attached hydrogens (tertiary/aromatic N) is 1. The van der Waals surface area contributed by atoms with Crippen LogP contribution in [0.5, 0.6) is 0 Å². The molecule has 1 aliphatic heterocycles. The molecule has 6 nitrogen and oxygen atoms in total. The number of hydrogen-bond donors (Lipinski definition) is 0. The molecule has 3 rings (SSSR count). The maximum atomic E-state index is 12.9. The number of carbonyl (C=O) groups is 2. The highest BCUT2D eigenvalue weighted by molar-refractivity contribution is 7.89. The van der Waals surface area contributed by atoms with Crippen LogP contribution in [0.1, 0.15) is 53.8 Å². The Hall–Kier alpha value is -2.22. The quantitative estimate of drug-likeness (QED) is 0.484. The Balaban J connectivity index is 1.85. The zero-order valence-electron chi connectivity index (χ0n) is 16.9. The van der Waals surface area contributed by atoms with Gasteiger partial charge in [0, 0.05) is 18.7 Å². The van der Waals surface area contributed by atoms with Gasteiger partial charge in [0.25, 0.3) is 0 Å². The van der Waals surface area contributed by atoms with Crippen LogP contribution in [-0.2, 0) is 14.8 Å². The van der Waals surface area contributed by atoms with Gasteiger partial charge in [-0.2, -0.15) is 4.31 Å². The number of hydrogen-bond acceptors (Lipinski definition) is 5. The monoisotopic (exact) mass is 449 g/mol. The van der Waals surface area contributed by atoms with Crippen molar-refractivity contribution in [2.24, 2.45) is 0 Å². The molecule has 1 saturated heterocycles. The Labute approximate surface area is 181 Å². The lowest BCUT2D eigenvalue weighted by Crippen LogP contribution is -2.37. The number of sulfonamides is 1. The van der Waals surface area contributed by atoms with Gasteiger partial charge >= 0.3 is 5.97 Å². The lowest BCUT2D eigenvalue weighted by Gasteiger charge is -2.26. The van der Waals surface area contributed by atoms with E-state index in [9.17, 15) is 18.0 Å². The van der Waals surface area contributed by atoms with Crippen molar-refractivity contribution < 1.29 is 22.7 Å². The van der Waals surface area contributed by atoms with Gasteiger partial charge in [-0.1, -0.05) is 48.4 Å². The summed E-state index contributed by atoms with van der Waals surface area (Å²) in [5.41, 5.74) is -1.14. The first-order chi connectivity index (χ1) is 14.1. The van der Waals surface area contributed by atoms with E-state index in [1.54, 1.807) is 30.3 Å². The Morgan fingerprint density at radius 1 is 1.00 bits per heavy atom. The summed E-state index contributed by atoms with van der Waals surface area (Å²) in [5.74, 6) is -1.23. The molecular weight excluding hydrogens is 426 g/mol. The molecule has 1 aliphatic rings. The SMILES string of the molecule is CC(C)(OC(=O)c1cc(S(=O)(=O)N2CCCCC2)ccc1Cl)C(=O)c1ccccc1. The van der Waals surface area contributed by atoms with Crippen molar-refractivity contribution in [3.05, 3.63) is 64.7 Å². The van der Waals surface area contributed by atoms with E-state index in [0.29, 0.717) is 18.7 Å². The van der Waals surface area contributed by atoms with Gasteiger partial charge in [-0.15, -0.1) is 0 Å². The van der Waals surface area contributed by atoms with E-state index < -0.39 is 21.6 Å². The summed E-state index contributed by atoms with van der Waals surface area (Å²) in [6.45, 7) is 3.87. The third-order valence-electron chi connectivity index (χ3n) is 5.04. The van der Waals surface area contributed by atoms with Gasteiger partial charge in [-0.05, 0) is 44.9 Å². The van der Waals surface area contributed by atoms with Crippen molar-refractivity contribution in [2.75, 3.05) is 13.1 Å². The second kappa shape index (κ2) is 8.88. The zero-order valence-corrected chi connectivity index (χ0v) is 18.5. The first kappa shape index (κ1) is 22.5. The molecule has 1 heterocycles. The molecule has 0 amide bonds. The van der Waals surface area contributed by atoms with E-state index in [1.807, 2.05) is 0 Å². The molecule has 8 heteroatoms. The lowest BCUT2D eigenvalue weighted by atomic mass is 9.96. The average molecular weight is 450 g/mol. The minimum Gasteiger partial charge on any atom is -0.448 e. The molecule has 0 unspecified atom stereocenters. The summed E-state index contributed by atoms with van der Waals surface area (Å²) in [6.07, 6.45) is 2.60. The van der Waals surface area contributed by atoms with E-state index in [0.717, 1.165) is 19.3 Å². The molecule has 0 bridgehead atoms. The molecule has 30 heavy (non-hydrogen) atoms. The molecule has 2 aromatic carbocycles. The molecule has 0 radical (unpaired) electrons. The van der Waals surface area contributed by atoms with Crippen molar-refractivity contribution >= 4 is 33.4 Å². The van der Waals surface area contributed by atoms with Gasteiger partial charge in [0.2, 0.25) is 15.8 Å². The van der Waals surface area contributed by atoms with E-state index in [4.69, 9.17) is 16.3 Å². The van der Waals surface area contributed by atoms with Crippen LogP contribution in [0.4, 0.5) is 0 Å². The maximum absolute atomic E-state index is 12.9. The second-order valence-corrected chi connectivity index (χ2v) is 10.0. The molecule has 1 fully saturated rings. The number of esters is 1. The lowest BCUT2D eigenvalue weighted by molar-refractivity contribution is 0.00373. The molecule has 2 aromatic rings. The zero-order chi connectivity index (χ0) is 21.9. The van der Waals surface area contributed by atoms with Crippen LogP contribution >= 0.6 is 11.6 Å². The minimum absolute atomic E-state index is 0.0204. The number of piperidine rings is 1. The molecule has 0 aliphatic carbocycles. The van der Waals surface area contributed by atoms with Crippen LogP contribution in [0, 0.1) is 0 Å². The number of carbonyl (C=O) groups excluding carboxylic acids is 2. The standard InChI is InChI=1S/C22H24ClNO5S/c1-22(2,20(25)16-9-5-3-6-10-16)29-21(26)18-15-17(11-12-19(18)23)30(27,28)24-13-7-4-8-14-24/h3,5-6,9-12,15H,4,7-8,13-14H2,1-2H3. The highest BCUT2D eigenvalue weighted by Crippen LogP contribution is 2.27. The van der Waals surface area contributed by atoms with Crippen LogP contribution in [0.25, 0.3) is 0 Å². The highest BCUT2D eigenvalue weighted by atomic mass is 35.5. The largest absolute Gasteiger partial charge is 0.448 e. The molecule has 0 aromatic heterocycles. The van der Waals surface area contributed by atoms with Crippen molar-refractivity contribution in [2.45, 2.75) is 43.6 Å². The van der Waals surface area contributed by atoms with E-state index >= 15 is 0 Å². The van der Waals surface area contributed by atoms with Crippen molar-refractivity contribution in [3.8, 4) is 0 Å². The van der Waals surface area contributed by atoms with Crippen molar-refractivity contribution in [1.82, 2.24) is 4.31 Å². The number of Topliss-reactive ketones (excluding diaryl/α,β-unsaturated/α-hetero) is 1. The third-order valence-corrected chi connectivity index (χ3v) is 7.27. The molecule has 160 valence electrons. The molecule has 0 spiro atoms. The van der Waals surface area contributed by atoms with E-state index in [-0.39, 0.29) is 21.3 Å². The van der Waals surface area contributed by atoms with Crippen LogP contribution < -0.4 is 0 Å². The summed E-state index contributed by atoms with van der Waals surface area (Å²) in [4.78, 5) is 25.5. The van der Waals surface area contributed by atoms with Crippen LogP contribution in [0.15, 0.2) is 53.4 Å². The molecule has 0 saturated carbocycles. The van der Waals surface area contributed by atoms with Crippen LogP contribution in [-0.4, -0.2) is 43.2 Å². The highest BCUT2D eigenvalue weighted by Gasteiger charge is 2.34. The van der Waals surface area contributed by atoms with Crippen LogP contribution in [0.3, 0.4) is 0 Å². The smallest absolute Gasteiger partial charge is 0.340 e. The number of ether oxygens (including phenoxy) is 1. The van der Waals surface area contributed by atoms with Gasteiger partial charge in [-0.25, -0.2) is 13.2 Å². The van der Waals surface area contributed by atoms with Crippen molar-refractivity contribution in [3.63, 3.8) is 0 Å². The summed E-state index contributed by atoms with van der Waals surface area (Å²) in [6, 6.07) is 12.5. The molecule has 0 N–H and O–H groups in total. The summed E-state index contributed by atoms with van der Waals surface area (Å²) < 4.78 is 32.7. The minimum atomic E-state index is -3.74. The normalized spacial score (nSPS) is 15.6. The summed E-state index contributed by atoms with van der Waals surface area (Å²) >= 11 is 6.16. The fraction of sp³-hybridized carbons (Fsp3) is 0.364. The third kappa shape index (κ3) is 4.74. The van der Waals surface area contributed by atoms with Gasteiger partial charge in [-0.3, -0.25) is 4.79 Å². The first-order valence-electron chi connectivity index (χ1n) is 9.76. The van der Waals surface area contributed by atoms with Gasteiger partial charge in [0.1, 0.15) is 0 Å². The summed E-state index contributed by atoms with van der Waals surface area (Å²) in [7, 11) is -3.74. The Morgan fingerprint density at radius 2 is 1.63 bits per heavy atom. The van der Waals surface area contributed by atoms with E-state index in [1.165, 1.54) is 36.4 Å². The van der Waals surface area contributed by atoms with Crippen LogP contribution in [0.2, 0.25) is 5.02 Å². The topological polar surface area (TPSA) is 80.8 Å². The maximum Gasteiger partial charge on any atom is 0.340 e. The second-order valence-electron chi connectivity index (χ2n) is 7.70. The summed E-state index contributed by atoms with van der Waals surface area (Å²) in [5, 5.41) is 0.0561. The fourth-order valence-electron chi connectivity index (χ4n) is 3.35. The number of rotatable bonds is 6. The van der Waals surface area contributed by atoms with Crippen molar-refractivity contribution in [1.29, 1.82) is 0 Å². The first-order valence-corrected chi connectivity index (χ1v) is 11.6. The predicted octanol–water partition coefficient (Wildman–Crippen LogP) is 4.33. The van der Waals surface area contributed by atoms with E-state index in [2.05, 4.69) is 0 Å². The fourth-order valence-corrected chi connectivity index (χ4v) is 5.08. The Kier molecular flexibility index (Phi) is 6.65. The Morgan fingerprint density at radius 3 is 2.27 bits per heavy atom. The van der Waals surface area contributed by atoms with Gasteiger partial charge in [0.15, 0.2) is 5.60 Å². The van der Waals surface area contributed by atoms with Gasteiger partial charge < -0.3 is 4.74 Å². The molecular formula is C22H24ClNO5S. The predicted molar refractivity (Wildman–Crippen MR) is 114 cm³/mol. The average Bonchev–Trinajstić information content (AvgIpc) is 2.74. The number of halogens is 1. The van der Waals surface area contributed by atoms with Gasteiger partial charge in [0.05, 0.1) is 15.5 Å². The number of benzene rings is 2. The molecule has 0 atom stereocenters. The number of ketones is 1.